The summed E-state index contributed by atoms with van der Waals surface area (Å²) in [5, 5.41) is 8.34. The van der Waals surface area contributed by atoms with Crippen molar-refractivity contribution in [3.05, 3.63) is 0 Å². The highest BCUT2D eigenvalue weighted by molar-refractivity contribution is 7.86. The quantitative estimate of drug-likeness (QED) is 0.560. The lowest BCUT2D eigenvalue weighted by Crippen LogP contribution is -2.10. The van der Waals surface area contributed by atoms with Gasteiger partial charge in [-0.25, -0.2) is 0 Å². The normalized spacial score (nSPS) is 21.6. The third-order valence-electron chi connectivity index (χ3n) is 1.54. The number of rotatable bonds is 2. The van der Waals surface area contributed by atoms with Crippen molar-refractivity contribution < 1.29 is 12.3 Å². The SMILES string of the molecule is N#CC1(CS(=O)(=O)F)CC1. The van der Waals surface area contributed by atoms with Crippen LogP contribution in [-0.4, -0.2) is 14.2 Å². The van der Waals surface area contributed by atoms with Gasteiger partial charge in [-0.15, -0.1) is 3.89 Å². The molecule has 5 heteroatoms. The van der Waals surface area contributed by atoms with Crippen LogP contribution in [0.3, 0.4) is 0 Å². The zero-order chi connectivity index (χ0) is 7.83. The predicted octanol–water partition coefficient (Wildman–Crippen LogP) is 0.589. The fourth-order valence-corrected chi connectivity index (χ4v) is 1.78. The molecule has 1 fully saturated rings. The van der Waals surface area contributed by atoms with Gasteiger partial charge >= 0.3 is 10.2 Å². The van der Waals surface area contributed by atoms with E-state index >= 15 is 0 Å². The molecule has 0 amide bonds. The van der Waals surface area contributed by atoms with Crippen LogP contribution in [0, 0.1) is 16.7 Å². The van der Waals surface area contributed by atoms with Gasteiger partial charge in [0, 0.05) is 0 Å². The van der Waals surface area contributed by atoms with Crippen molar-refractivity contribution in [2.45, 2.75) is 12.8 Å². The molecule has 0 radical (unpaired) electrons. The summed E-state index contributed by atoms with van der Waals surface area (Å²) in [6.45, 7) is 0. The highest BCUT2D eigenvalue weighted by Crippen LogP contribution is 2.46. The van der Waals surface area contributed by atoms with E-state index in [9.17, 15) is 12.3 Å². The lowest BCUT2D eigenvalue weighted by Gasteiger charge is -1.97. The zero-order valence-electron chi connectivity index (χ0n) is 5.17. The van der Waals surface area contributed by atoms with Crippen LogP contribution in [0.4, 0.5) is 3.89 Å². The van der Waals surface area contributed by atoms with E-state index in [4.69, 9.17) is 5.26 Å². The molecule has 0 unspecified atom stereocenters. The molecule has 0 aliphatic heterocycles. The van der Waals surface area contributed by atoms with Crippen LogP contribution in [-0.2, 0) is 10.2 Å². The van der Waals surface area contributed by atoms with E-state index in [1.54, 1.807) is 6.07 Å². The second-order valence-corrected chi connectivity index (χ2v) is 3.94. The molecule has 0 aromatic rings. The van der Waals surface area contributed by atoms with Crippen molar-refractivity contribution in [3.63, 3.8) is 0 Å². The van der Waals surface area contributed by atoms with E-state index in [0.717, 1.165) is 0 Å². The van der Waals surface area contributed by atoms with E-state index < -0.39 is 21.4 Å². The van der Waals surface area contributed by atoms with Gasteiger partial charge in [-0.2, -0.15) is 13.7 Å². The summed E-state index contributed by atoms with van der Waals surface area (Å²) in [6.07, 6.45) is 1.01. The molecule has 0 atom stereocenters. The second kappa shape index (κ2) is 1.92. The smallest absolute Gasteiger partial charge is 0.198 e. The van der Waals surface area contributed by atoms with Crippen LogP contribution < -0.4 is 0 Å². The molecule has 56 valence electrons. The van der Waals surface area contributed by atoms with E-state index in [1.807, 2.05) is 0 Å². The first-order chi connectivity index (χ1) is 4.47. The van der Waals surface area contributed by atoms with E-state index in [2.05, 4.69) is 0 Å². The Morgan fingerprint density at radius 3 is 2.20 bits per heavy atom. The molecule has 0 aromatic carbocycles. The van der Waals surface area contributed by atoms with Crippen LogP contribution in [0.5, 0.6) is 0 Å². The number of nitriles is 1. The average molecular weight is 163 g/mol. The molecule has 0 N–H and O–H groups in total. The maximum absolute atomic E-state index is 11.9. The Balaban J connectivity index is 2.65. The number of hydrogen-bond donors (Lipinski definition) is 0. The van der Waals surface area contributed by atoms with Gasteiger partial charge in [0.05, 0.1) is 17.2 Å². The highest BCUT2D eigenvalue weighted by atomic mass is 32.3. The summed E-state index contributed by atoms with van der Waals surface area (Å²) < 4.78 is 32.0. The van der Waals surface area contributed by atoms with Gasteiger partial charge in [-0.1, -0.05) is 0 Å². The summed E-state index contributed by atoms with van der Waals surface area (Å²) in [5.41, 5.74) is -0.881. The lowest BCUT2D eigenvalue weighted by atomic mass is 10.2. The molecule has 0 bridgehead atoms. The van der Waals surface area contributed by atoms with Crippen molar-refractivity contribution in [1.29, 1.82) is 5.26 Å². The minimum absolute atomic E-state index is 0.507. The minimum Gasteiger partial charge on any atom is -0.198 e. The van der Waals surface area contributed by atoms with Crippen molar-refractivity contribution in [1.82, 2.24) is 0 Å². The summed E-state index contributed by atoms with van der Waals surface area (Å²) >= 11 is 0. The Morgan fingerprint density at radius 2 is 2.10 bits per heavy atom. The Kier molecular flexibility index (Phi) is 1.44. The minimum atomic E-state index is -4.45. The number of halogens is 1. The maximum Gasteiger partial charge on any atom is 0.303 e. The molecule has 3 nitrogen and oxygen atoms in total. The molecular formula is C5H6FNO2S. The molecule has 1 rings (SSSR count). The third kappa shape index (κ3) is 1.67. The first-order valence-corrected chi connectivity index (χ1v) is 4.36. The zero-order valence-corrected chi connectivity index (χ0v) is 5.99. The topological polar surface area (TPSA) is 57.9 Å². The number of nitrogens with zero attached hydrogens (tertiary/aromatic N) is 1. The van der Waals surface area contributed by atoms with Gasteiger partial charge in [-0.05, 0) is 12.8 Å². The van der Waals surface area contributed by atoms with Crippen molar-refractivity contribution in [2.24, 2.45) is 5.41 Å². The Bertz CT molecular complexity index is 273. The van der Waals surface area contributed by atoms with Crippen LogP contribution >= 0.6 is 0 Å². The highest BCUT2D eigenvalue weighted by Gasteiger charge is 2.47. The standard InChI is InChI=1S/C5H6FNO2S/c6-10(8,9)4-5(3-7)1-2-5/h1-2,4H2. The average Bonchev–Trinajstić information content (AvgIpc) is 2.45. The lowest BCUT2D eigenvalue weighted by molar-refractivity contribution is 0.540. The van der Waals surface area contributed by atoms with E-state index in [0.29, 0.717) is 12.8 Å². The monoisotopic (exact) mass is 163 g/mol. The summed E-state index contributed by atoms with van der Waals surface area (Å²) in [5.74, 6) is -0.628. The van der Waals surface area contributed by atoms with Gasteiger partial charge in [0.25, 0.3) is 0 Å². The van der Waals surface area contributed by atoms with Gasteiger partial charge in [-0.3, -0.25) is 0 Å². The molecule has 10 heavy (non-hydrogen) atoms. The number of hydrogen-bond acceptors (Lipinski definition) is 3. The van der Waals surface area contributed by atoms with Crippen molar-refractivity contribution >= 4 is 10.2 Å². The third-order valence-corrected chi connectivity index (χ3v) is 2.44. The molecule has 1 aliphatic carbocycles. The fraction of sp³-hybridized carbons (Fsp3) is 0.800. The predicted molar refractivity (Wildman–Crippen MR) is 32.2 cm³/mol. The van der Waals surface area contributed by atoms with Crippen LogP contribution in [0.2, 0.25) is 0 Å². The Hall–Kier alpha value is -0.630. The van der Waals surface area contributed by atoms with E-state index in [1.165, 1.54) is 0 Å². The summed E-state index contributed by atoms with van der Waals surface area (Å²) in [7, 11) is -4.45. The summed E-state index contributed by atoms with van der Waals surface area (Å²) in [4.78, 5) is 0. The van der Waals surface area contributed by atoms with Crippen LogP contribution in [0.1, 0.15) is 12.8 Å². The molecule has 0 aromatic heterocycles. The summed E-state index contributed by atoms with van der Waals surface area (Å²) in [6, 6.07) is 1.79. The molecule has 1 saturated carbocycles. The largest absolute Gasteiger partial charge is 0.303 e. The van der Waals surface area contributed by atoms with E-state index in [-0.39, 0.29) is 0 Å². The molecule has 0 spiro atoms. The van der Waals surface area contributed by atoms with Crippen molar-refractivity contribution in [2.75, 3.05) is 5.75 Å². The second-order valence-electron chi connectivity index (χ2n) is 2.58. The van der Waals surface area contributed by atoms with Gasteiger partial charge < -0.3 is 0 Å². The van der Waals surface area contributed by atoms with Gasteiger partial charge in [0.2, 0.25) is 0 Å². The van der Waals surface area contributed by atoms with Crippen LogP contribution in [0.15, 0.2) is 0 Å². The Labute approximate surface area is 58.7 Å². The fourth-order valence-electron chi connectivity index (χ4n) is 0.769. The van der Waals surface area contributed by atoms with Gasteiger partial charge in [0.1, 0.15) is 0 Å². The molecule has 0 saturated heterocycles. The maximum atomic E-state index is 11.9. The first kappa shape index (κ1) is 7.48. The van der Waals surface area contributed by atoms with Crippen LogP contribution in [0.25, 0.3) is 0 Å². The first-order valence-electron chi connectivity index (χ1n) is 2.81. The van der Waals surface area contributed by atoms with Crippen molar-refractivity contribution in [3.8, 4) is 6.07 Å². The van der Waals surface area contributed by atoms with Gasteiger partial charge in [0.15, 0.2) is 0 Å². The Morgan fingerprint density at radius 1 is 1.60 bits per heavy atom. The molecule has 0 heterocycles. The molecular weight excluding hydrogens is 157 g/mol. The molecule has 1 aliphatic rings.